The topological polar surface area (TPSA) is 20.2 Å². The normalized spacial score (nSPS) is 12.8. The van der Waals surface area contributed by atoms with Gasteiger partial charge in [-0.2, -0.15) is 0 Å². The Labute approximate surface area is 80.4 Å². The van der Waals surface area contributed by atoms with Gasteiger partial charge in [-0.05, 0) is 30.7 Å². The molecular weight excluding hydrogens is 160 g/mol. The van der Waals surface area contributed by atoms with Crippen molar-refractivity contribution in [2.75, 3.05) is 6.61 Å². The van der Waals surface area contributed by atoms with Crippen LogP contribution < -0.4 is 0 Å². The summed E-state index contributed by atoms with van der Waals surface area (Å²) in [5.74, 6) is 0.448. The van der Waals surface area contributed by atoms with Gasteiger partial charge < -0.3 is 5.11 Å². The summed E-state index contributed by atoms with van der Waals surface area (Å²) in [5, 5.41) is 8.83. The number of benzene rings is 1. The first-order valence-corrected chi connectivity index (χ1v) is 4.97. The summed E-state index contributed by atoms with van der Waals surface area (Å²) in [6.45, 7) is 2.40. The first-order valence-electron chi connectivity index (χ1n) is 4.97. The molecule has 1 atom stereocenters. The predicted molar refractivity (Wildman–Crippen MR) is 55.6 cm³/mol. The molecule has 1 aromatic rings. The van der Waals surface area contributed by atoms with Crippen LogP contribution >= 0.6 is 0 Å². The second-order valence-corrected chi connectivity index (χ2v) is 3.67. The first kappa shape index (κ1) is 10.3. The van der Waals surface area contributed by atoms with Crippen LogP contribution in [0.1, 0.15) is 25.3 Å². The molecule has 0 aromatic heterocycles. The molecule has 1 N–H and O–H groups in total. The second kappa shape index (κ2) is 5.76. The fourth-order valence-electron chi connectivity index (χ4n) is 1.39. The molecule has 0 spiro atoms. The van der Waals surface area contributed by atoms with E-state index in [9.17, 15) is 0 Å². The van der Waals surface area contributed by atoms with Gasteiger partial charge in [-0.3, -0.25) is 0 Å². The largest absolute Gasteiger partial charge is 0.396 e. The number of rotatable bonds is 5. The molecule has 0 heterocycles. The van der Waals surface area contributed by atoms with Crippen LogP contribution in [0, 0.1) is 5.92 Å². The molecule has 0 unspecified atom stereocenters. The Morgan fingerprint density at radius 2 is 1.92 bits per heavy atom. The fourth-order valence-corrected chi connectivity index (χ4v) is 1.39. The highest BCUT2D eigenvalue weighted by Crippen LogP contribution is 2.09. The molecule has 0 amide bonds. The van der Waals surface area contributed by atoms with Crippen molar-refractivity contribution in [1.82, 2.24) is 0 Å². The molecule has 0 aliphatic heterocycles. The zero-order chi connectivity index (χ0) is 9.52. The van der Waals surface area contributed by atoms with Crippen molar-refractivity contribution in [3.05, 3.63) is 35.9 Å². The average Bonchev–Trinajstić information content (AvgIpc) is 2.19. The maximum absolute atomic E-state index is 8.83. The molecule has 1 aromatic carbocycles. The number of aryl methyl sites for hydroxylation is 1. The Kier molecular flexibility index (Phi) is 4.55. The molecule has 0 aliphatic rings. The average molecular weight is 178 g/mol. The quantitative estimate of drug-likeness (QED) is 0.735. The van der Waals surface area contributed by atoms with Gasteiger partial charge in [-0.25, -0.2) is 0 Å². The lowest BCUT2D eigenvalue weighted by atomic mass is 10.0. The summed E-state index contributed by atoms with van der Waals surface area (Å²) < 4.78 is 0. The Bertz CT molecular complexity index is 218. The molecule has 72 valence electrons. The fraction of sp³-hybridized carbons (Fsp3) is 0.500. The van der Waals surface area contributed by atoms with Crippen molar-refractivity contribution in [1.29, 1.82) is 0 Å². The maximum atomic E-state index is 8.83. The molecule has 13 heavy (non-hydrogen) atoms. The third-order valence-electron chi connectivity index (χ3n) is 2.32. The van der Waals surface area contributed by atoms with Crippen molar-refractivity contribution in [3.63, 3.8) is 0 Å². The smallest absolute Gasteiger partial charge is 0.0456 e. The molecule has 0 saturated carbocycles. The van der Waals surface area contributed by atoms with E-state index in [0.717, 1.165) is 12.8 Å². The zero-order valence-electron chi connectivity index (χ0n) is 8.24. The Balaban J connectivity index is 2.20. The van der Waals surface area contributed by atoms with Crippen LogP contribution in [-0.2, 0) is 6.42 Å². The van der Waals surface area contributed by atoms with Gasteiger partial charge in [0.25, 0.3) is 0 Å². The summed E-state index contributed by atoms with van der Waals surface area (Å²) in [6, 6.07) is 10.5. The van der Waals surface area contributed by atoms with Gasteiger partial charge in [0.05, 0.1) is 0 Å². The maximum Gasteiger partial charge on any atom is 0.0456 e. The minimum atomic E-state index is 0.314. The Hall–Kier alpha value is -0.820. The van der Waals surface area contributed by atoms with Crippen molar-refractivity contribution in [2.24, 2.45) is 5.92 Å². The number of aliphatic hydroxyl groups is 1. The molecule has 0 radical (unpaired) electrons. The van der Waals surface area contributed by atoms with Crippen LogP contribution in [0.3, 0.4) is 0 Å². The minimum absolute atomic E-state index is 0.314. The SMILES string of the molecule is C[C@H](CO)CCCc1ccccc1. The standard InChI is InChI=1S/C12H18O/c1-11(10-13)6-5-9-12-7-3-2-4-8-12/h2-4,7-8,11,13H,5-6,9-10H2,1H3/t11-/m0/s1. The van der Waals surface area contributed by atoms with Crippen LogP contribution in [0.15, 0.2) is 30.3 Å². The molecular formula is C12H18O. The van der Waals surface area contributed by atoms with Gasteiger partial charge in [-0.1, -0.05) is 37.3 Å². The summed E-state index contributed by atoms with van der Waals surface area (Å²) in [7, 11) is 0. The first-order chi connectivity index (χ1) is 6.33. The number of aliphatic hydroxyl groups excluding tert-OH is 1. The molecule has 0 fully saturated rings. The van der Waals surface area contributed by atoms with Crippen molar-refractivity contribution < 1.29 is 5.11 Å². The molecule has 1 heteroatoms. The van der Waals surface area contributed by atoms with Gasteiger partial charge in [0.15, 0.2) is 0 Å². The van der Waals surface area contributed by atoms with E-state index in [1.165, 1.54) is 12.0 Å². The van der Waals surface area contributed by atoms with Crippen molar-refractivity contribution in [2.45, 2.75) is 26.2 Å². The summed E-state index contributed by atoms with van der Waals surface area (Å²) in [5.41, 5.74) is 1.40. The molecule has 1 rings (SSSR count). The van der Waals surface area contributed by atoms with E-state index in [-0.39, 0.29) is 0 Å². The van der Waals surface area contributed by atoms with Gasteiger partial charge in [-0.15, -0.1) is 0 Å². The van der Waals surface area contributed by atoms with Crippen molar-refractivity contribution in [3.8, 4) is 0 Å². The third kappa shape index (κ3) is 4.09. The Morgan fingerprint density at radius 3 is 2.54 bits per heavy atom. The lowest BCUT2D eigenvalue weighted by Gasteiger charge is -2.06. The van der Waals surface area contributed by atoms with Crippen molar-refractivity contribution >= 4 is 0 Å². The van der Waals surface area contributed by atoms with E-state index in [1.54, 1.807) is 0 Å². The van der Waals surface area contributed by atoms with E-state index >= 15 is 0 Å². The van der Waals surface area contributed by atoms with E-state index in [2.05, 4.69) is 31.2 Å². The van der Waals surface area contributed by atoms with Crippen LogP contribution in [0.5, 0.6) is 0 Å². The minimum Gasteiger partial charge on any atom is -0.396 e. The van der Waals surface area contributed by atoms with E-state index in [1.807, 2.05) is 6.07 Å². The van der Waals surface area contributed by atoms with Gasteiger partial charge in [0, 0.05) is 6.61 Å². The molecule has 0 saturated heterocycles. The molecule has 1 nitrogen and oxygen atoms in total. The van der Waals surface area contributed by atoms with Crippen LogP contribution in [0.2, 0.25) is 0 Å². The molecule has 0 aliphatic carbocycles. The van der Waals surface area contributed by atoms with Gasteiger partial charge >= 0.3 is 0 Å². The second-order valence-electron chi connectivity index (χ2n) is 3.67. The lowest BCUT2D eigenvalue weighted by Crippen LogP contribution is -2.00. The number of hydrogen-bond acceptors (Lipinski definition) is 1. The monoisotopic (exact) mass is 178 g/mol. The van der Waals surface area contributed by atoms with E-state index in [0.29, 0.717) is 12.5 Å². The predicted octanol–water partition coefficient (Wildman–Crippen LogP) is 2.64. The van der Waals surface area contributed by atoms with Crippen LogP contribution in [0.25, 0.3) is 0 Å². The summed E-state index contributed by atoms with van der Waals surface area (Å²) in [4.78, 5) is 0. The highest BCUT2D eigenvalue weighted by Gasteiger charge is 1.99. The summed E-state index contributed by atoms with van der Waals surface area (Å²) in [6.07, 6.45) is 3.42. The molecule has 0 bridgehead atoms. The van der Waals surface area contributed by atoms with E-state index in [4.69, 9.17) is 5.11 Å². The third-order valence-corrected chi connectivity index (χ3v) is 2.32. The van der Waals surface area contributed by atoms with Gasteiger partial charge in [0.1, 0.15) is 0 Å². The summed E-state index contributed by atoms with van der Waals surface area (Å²) >= 11 is 0. The van der Waals surface area contributed by atoms with Gasteiger partial charge in [0.2, 0.25) is 0 Å². The number of hydrogen-bond donors (Lipinski definition) is 1. The lowest BCUT2D eigenvalue weighted by molar-refractivity contribution is 0.228. The highest BCUT2D eigenvalue weighted by molar-refractivity contribution is 5.14. The van der Waals surface area contributed by atoms with E-state index < -0.39 is 0 Å². The van der Waals surface area contributed by atoms with Crippen LogP contribution in [0.4, 0.5) is 0 Å². The Morgan fingerprint density at radius 1 is 1.23 bits per heavy atom. The van der Waals surface area contributed by atoms with Crippen LogP contribution in [-0.4, -0.2) is 11.7 Å². The highest BCUT2D eigenvalue weighted by atomic mass is 16.3. The zero-order valence-corrected chi connectivity index (χ0v) is 8.24.